The van der Waals surface area contributed by atoms with Crippen LogP contribution >= 0.6 is 0 Å². The zero-order valence-electron chi connectivity index (χ0n) is 9.52. The van der Waals surface area contributed by atoms with E-state index < -0.39 is 0 Å². The van der Waals surface area contributed by atoms with Gasteiger partial charge in [0.1, 0.15) is 0 Å². The van der Waals surface area contributed by atoms with E-state index in [1.807, 2.05) is 0 Å². The van der Waals surface area contributed by atoms with E-state index in [1.54, 1.807) is 5.57 Å². The smallest absolute Gasteiger partial charge is 0 e. The van der Waals surface area contributed by atoms with Crippen LogP contribution in [0.2, 0.25) is 0 Å². The van der Waals surface area contributed by atoms with E-state index in [1.165, 1.54) is 12.8 Å². The summed E-state index contributed by atoms with van der Waals surface area (Å²) in [6.07, 6.45) is 20.9. The summed E-state index contributed by atoms with van der Waals surface area (Å²) >= 11 is 0. The fourth-order valence-corrected chi connectivity index (χ4v) is 2.77. The molecule has 0 saturated heterocycles. The standard InChI is InChI=1S/C14H15.Hf.2HI/c1-2-6-11(5-1)14-9-12-7-3-4-8-13(12)10-14;;;/h1-5,7-9,12-14H,6,10H2;;2*1H/q-1;;;/p-2. The van der Waals surface area contributed by atoms with Gasteiger partial charge in [-0.1, -0.05) is 48.5 Å². The van der Waals surface area contributed by atoms with Crippen molar-refractivity contribution in [3.63, 3.8) is 0 Å². The number of fused-ring (bicyclic) bond motifs is 1. The predicted octanol–water partition coefficient (Wildman–Crippen LogP) is -2.54. The van der Waals surface area contributed by atoms with E-state index in [4.69, 9.17) is 0 Å². The summed E-state index contributed by atoms with van der Waals surface area (Å²) in [5.41, 5.74) is 1.61. The summed E-state index contributed by atoms with van der Waals surface area (Å²) < 4.78 is 0. The molecular weight excluding hydrogens is 600 g/mol. The van der Waals surface area contributed by atoms with Gasteiger partial charge in [-0.25, -0.2) is 0 Å². The Morgan fingerprint density at radius 1 is 1.06 bits per heavy atom. The molecular formula is C14H15HfI2-3. The maximum Gasteiger partial charge on any atom is 0 e. The number of allylic oxidation sites excluding steroid dienone is 8. The molecule has 92 valence electrons. The molecule has 1 saturated carbocycles. The molecule has 0 aromatic heterocycles. The van der Waals surface area contributed by atoms with Gasteiger partial charge >= 0.3 is 0 Å². The zero-order chi connectivity index (χ0) is 9.38. The summed E-state index contributed by atoms with van der Waals surface area (Å²) in [6, 6.07) is 0. The molecule has 0 amide bonds. The molecule has 17 heavy (non-hydrogen) atoms. The third-order valence-corrected chi connectivity index (χ3v) is 3.55. The van der Waals surface area contributed by atoms with Crippen LogP contribution in [0.3, 0.4) is 0 Å². The second kappa shape index (κ2) is 8.46. The normalized spacial score (nSPS) is 32.0. The van der Waals surface area contributed by atoms with Gasteiger partial charge in [0.2, 0.25) is 0 Å². The molecule has 3 atom stereocenters. The molecule has 0 bridgehead atoms. The number of hydrogen-bond donors (Lipinski definition) is 0. The van der Waals surface area contributed by atoms with Crippen LogP contribution < -0.4 is 48.0 Å². The van der Waals surface area contributed by atoms with Crippen LogP contribution in [0.1, 0.15) is 12.8 Å². The second-order valence-corrected chi connectivity index (χ2v) is 4.42. The zero-order valence-corrected chi connectivity index (χ0v) is 17.4. The topological polar surface area (TPSA) is 0 Å². The van der Waals surface area contributed by atoms with Gasteiger partial charge in [0.05, 0.1) is 0 Å². The molecule has 3 rings (SSSR count). The fraction of sp³-hybridized carbons (Fsp3) is 0.357. The third-order valence-electron chi connectivity index (χ3n) is 3.55. The monoisotopic (exact) mass is 617 g/mol. The van der Waals surface area contributed by atoms with E-state index in [2.05, 4.69) is 49.0 Å². The van der Waals surface area contributed by atoms with Crippen molar-refractivity contribution in [1.82, 2.24) is 0 Å². The third kappa shape index (κ3) is 4.13. The summed E-state index contributed by atoms with van der Waals surface area (Å²) in [5, 5.41) is 0. The van der Waals surface area contributed by atoms with E-state index >= 15 is 0 Å². The summed E-state index contributed by atoms with van der Waals surface area (Å²) in [5.74, 6) is 2.20. The molecule has 3 heteroatoms. The molecule has 3 aliphatic rings. The molecule has 1 fully saturated rings. The van der Waals surface area contributed by atoms with Crippen molar-refractivity contribution < 1.29 is 73.8 Å². The Kier molecular flexibility index (Phi) is 9.10. The van der Waals surface area contributed by atoms with E-state index in [0.29, 0.717) is 5.92 Å². The molecule has 0 radical (unpaired) electrons. The van der Waals surface area contributed by atoms with E-state index in [-0.39, 0.29) is 73.8 Å². The molecule has 0 N–H and O–H groups in total. The fourth-order valence-electron chi connectivity index (χ4n) is 2.77. The van der Waals surface area contributed by atoms with Gasteiger partial charge in [-0.05, 0) is 12.3 Å². The first-order valence-corrected chi connectivity index (χ1v) is 5.49. The number of hydrogen-bond acceptors (Lipinski definition) is 0. The Morgan fingerprint density at radius 3 is 2.47 bits per heavy atom. The average molecular weight is 616 g/mol. The van der Waals surface area contributed by atoms with Crippen molar-refractivity contribution in [2.24, 2.45) is 17.8 Å². The van der Waals surface area contributed by atoms with Crippen LogP contribution in [0.25, 0.3) is 0 Å². The van der Waals surface area contributed by atoms with E-state index in [0.717, 1.165) is 11.8 Å². The quantitative estimate of drug-likeness (QED) is 0.174. The largest absolute Gasteiger partial charge is 1.00 e. The van der Waals surface area contributed by atoms with Crippen molar-refractivity contribution in [3.05, 3.63) is 54.5 Å². The second-order valence-electron chi connectivity index (χ2n) is 4.42. The van der Waals surface area contributed by atoms with Crippen molar-refractivity contribution in [2.45, 2.75) is 12.8 Å². The average Bonchev–Trinajstić information content (AvgIpc) is 2.86. The number of halogens is 2. The van der Waals surface area contributed by atoms with Crippen molar-refractivity contribution in [3.8, 4) is 0 Å². The van der Waals surface area contributed by atoms with Crippen LogP contribution in [0.4, 0.5) is 0 Å². The van der Waals surface area contributed by atoms with Crippen molar-refractivity contribution in [1.29, 1.82) is 0 Å². The molecule has 3 aliphatic carbocycles. The summed E-state index contributed by atoms with van der Waals surface area (Å²) in [6.45, 7) is 0. The SMILES string of the molecule is C1=CCC(C2[CH-]C3C=CC=CC3C2)=C1.[Hf].[I-].[I-]. The summed E-state index contributed by atoms with van der Waals surface area (Å²) in [4.78, 5) is 0. The van der Waals surface area contributed by atoms with Gasteiger partial charge < -0.3 is 54.4 Å². The Balaban J connectivity index is 0.000000853. The van der Waals surface area contributed by atoms with Gasteiger partial charge in [-0.15, -0.1) is 17.9 Å². The minimum absolute atomic E-state index is 0. The minimum Gasteiger partial charge on any atom is -1.00 e. The Morgan fingerprint density at radius 2 is 1.82 bits per heavy atom. The Hall–Kier alpha value is 1.29. The predicted molar refractivity (Wildman–Crippen MR) is 59.5 cm³/mol. The van der Waals surface area contributed by atoms with Crippen LogP contribution in [-0.2, 0) is 25.8 Å². The molecule has 0 aromatic rings. The van der Waals surface area contributed by atoms with Crippen LogP contribution in [-0.4, -0.2) is 0 Å². The van der Waals surface area contributed by atoms with Gasteiger partial charge in [-0.3, -0.25) is 0 Å². The van der Waals surface area contributed by atoms with Gasteiger partial charge in [0, 0.05) is 25.8 Å². The van der Waals surface area contributed by atoms with Gasteiger partial charge in [0.15, 0.2) is 0 Å². The molecule has 0 heterocycles. The van der Waals surface area contributed by atoms with E-state index in [9.17, 15) is 0 Å². The maximum absolute atomic E-state index is 2.53. The van der Waals surface area contributed by atoms with Crippen LogP contribution in [0, 0.1) is 24.2 Å². The van der Waals surface area contributed by atoms with Gasteiger partial charge in [-0.2, -0.15) is 0 Å². The van der Waals surface area contributed by atoms with Crippen molar-refractivity contribution in [2.75, 3.05) is 0 Å². The maximum atomic E-state index is 2.53. The first-order chi connectivity index (χ1) is 6.93. The van der Waals surface area contributed by atoms with Crippen molar-refractivity contribution >= 4 is 0 Å². The Labute approximate surface area is 157 Å². The molecule has 0 aliphatic heterocycles. The molecule has 3 unspecified atom stereocenters. The van der Waals surface area contributed by atoms with Gasteiger partial charge in [0.25, 0.3) is 0 Å². The minimum atomic E-state index is 0. The van der Waals surface area contributed by atoms with Crippen LogP contribution in [0.15, 0.2) is 48.1 Å². The number of rotatable bonds is 1. The first-order valence-electron chi connectivity index (χ1n) is 5.49. The molecule has 0 spiro atoms. The van der Waals surface area contributed by atoms with Crippen LogP contribution in [0.5, 0.6) is 0 Å². The summed E-state index contributed by atoms with van der Waals surface area (Å²) in [7, 11) is 0. The molecule has 0 aromatic carbocycles. The molecule has 0 nitrogen and oxygen atoms in total. The Bertz CT molecular complexity index is 335. The first kappa shape index (κ1) is 18.3.